The Morgan fingerprint density at radius 3 is 2.32 bits per heavy atom. The van der Waals surface area contributed by atoms with Crippen molar-refractivity contribution < 1.29 is 14.3 Å². The van der Waals surface area contributed by atoms with E-state index in [1.807, 2.05) is 49.9 Å². The zero-order chi connectivity index (χ0) is 16.3. The van der Waals surface area contributed by atoms with Crippen molar-refractivity contribution in [3.05, 3.63) is 29.8 Å². The highest BCUT2D eigenvalue weighted by atomic mass is 16.5. The van der Waals surface area contributed by atoms with Crippen molar-refractivity contribution in [2.45, 2.75) is 32.7 Å². The van der Waals surface area contributed by atoms with E-state index in [9.17, 15) is 9.59 Å². The highest BCUT2D eigenvalue weighted by Crippen LogP contribution is 2.18. The number of rotatable bonds is 3. The van der Waals surface area contributed by atoms with Gasteiger partial charge in [0.15, 0.2) is 0 Å². The summed E-state index contributed by atoms with van der Waals surface area (Å²) in [4.78, 5) is 28.0. The molecule has 0 N–H and O–H groups in total. The van der Waals surface area contributed by atoms with Gasteiger partial charge in [0, 0.05) is 18.6 Å². The second-order valence-corrected chi connectivity index (χ2v) is 6.56. The summed E-state index contributed by atoms with van der Waals surface area (Å²) < 4.78 is 5.10. The number of benzene rings is 1. The van der Waals surface area contributed by atoms with Gasteiger partial charge in [0.2, 0.25) is 11.8 Å². The topological polar surface area (TPSA) is 49.9 Å². The standard InChI is InChI=1S/C17H24N2O3/c1-17(2,3)19-10-9-18(12-16(19)21)15(20)11-13-5-7-14(22-4)8-6-13/h5-8H,9-12H2,1-4H3. The largest absolute Gasteiger partial charge is 0.497 e. The molecule has 0 aromatic heterocycles. The smallest absolute Gasteiger partial charge is 0.242 e. The maximum atomic E-state index is 12.3. The molecule has 1 aliphatic rings. The molecule has 1 aromatic carbocycles. The lowest BCUT2D eigenvalue weighted by atomic mass is 10.0. The molecule has 1 saturated heterocycles. The van der Waals surface area contributed by atoms with Crippen LogP contribution in [0.2, 0.25) is 0 Å². The Bertz CT molecular complexity index is 546. The van der Waals surface area contributed by atoms with Gasteiger partial charge < -0.3 is 14.5 Å². The molecule has 0 spiro atoms. The van der Waals surface area contributed by atoms with Crippen LogP contribution in [0.4, 0.5) is 0 Å². The first-order valence-corrected chi connectivity index (χ1v) is 7.52. The quantitative estimate of drug-likeness (QED) is 0.854. The first-order valence-electron chi connectivity index (χ1n) is 7.52. The van der Waals surface area contributed by atoms with Crippen LogP contribution in [0, 0.1) is 0 Å². The normalized spacial score (nSPS) is 15.9. The molecule has 1 heterocycles. The minimum atomic E-state index is -0.192. The molecule has 2 rings (SSSR count). The van der Waals surface area contributed by atoms with Crippen LogP contribution in [-0.4, -0.2) is 53.9 Å². The third-order valence-electron chi connectivity index (χ3n) is 3.90. The van der Waals surface area contributed by atoms with Crippen LogP contribution < -0.4 is 4.74 Å². The average Bonchev–Trinajstić information content (AvgIpc) is 2.46. The van der Waals surface area contributed by atoms with Gasteiger partial charge in [-0.2, -0.15) is 0 Å². The van der Waals surface area contributed by atoms with Crippen LogP contribution in [0.1, 0.15) is 26.3 Å². The Balaban J connectivity index is 1.95. The summed E-state index contributed by atoms with van der Waals surface area (Å²) in [6, 6.07) is 7.44. The number of hydrogen-bond donors (Lipinski definition) is 0. The zero-order valence-corrected chi connectivity index (χ0v) is 13.8. The summed E-state index contributed by atoms with van der Waals surface area (Å²) in [5.41, 5.74) is 0.735. The van der Waals surface area contributed by atoms with Crippen molar-refractivity contribution in [1.82, 2.24) is 9.80 Å². The third-order valence-corrected chi connectivity index (χ3v) is 3.90. The Labute approximate surface area is 131 Å². The molecule has 0 aliphatic carbocycles. The lowest BCUT2D eigenvalue weighted by Gasteiger charge is -2.42. The summed E-state index contributed by atoms with van der Waals surface area (Å²) in [6.07, 6.45) is 0.312. The van der Waals surface area contributed by atoms with Crippen LogP contribution in [0.5, 0.6) is 5.75 Å². The van der Waals surface area contributed by atoms with E-state index in [0.29, 0.717) is 19.5 Å². The molecule has 5 nitrogen and oxygen atoms in total. The first-order chi connectivity index (χ1) is 10.3. The van der Waals surface area contributed by atoms with E-state index in [1.165, 1.54) is 0 Å². The SMILES string of the molecule is COc1ccc(CC(=O)N2CCN(C(C)(C)C)C(=O)C2)cc1. The van der Waals surface area contributed by atoms with Gasteiger partial charge in [0.1, 0.15) is 5.75 Å². The van der Waals surface area contributed by atoms with Gasteiger partial charge in [0.25, 0.3) is 0 Å². The maximum absolute atomic E-state index is 12.3. The average molecular weight is 304 g/mol. The molecule has 1 aromatic rings. The summed E-state index contributed by atoms with van der Waals surface area (Å²) in [7, 11) is 1.61. The summed E-state index contributed by atoms with van der Waals surface area (Å²) in [5, 5.41) is 0. The van der Waals surface area contributed by atoms with E-state index in [4.69, 9.17) is 4.74 Å². The van der Waals surface area contributed by atoms with Crippen LogP contribution in [-0.2, 0) is 16.0 Å². The van der Waals surface area contributed by atoms with Crippen LogP contribution >= 0.6 is 0 Å². The minimum Gasteiger partial charge on any atom is -0.497 e. The van der Waals surface area contributed by atoms with Crippen molar-refractivity contribution in [2.24, 2.45) is 0 Å². The predicted molar refractivity (Wildman–Crippen MR) is 84.7 cm³/mol. The van der Waals surface area contributed by atoms with E-state index in [1.54, 1.807) is 12.0 Å². The van der Waals surface area contributed by atoms with Gasteiger partial charge in [-0.15, -0.1) is 0 Å². The molecule has 2 amide bonds. The molecular formula is C17H24N2O3. The van der Waals surface area contributed by atoms with Gasteiger partial charge in [0.05, 0.1) is 20.1 Å². The number of amides is 2. The zero-order valence-electron chi connectivity index (χ0n) is 13.8. The van der Waals surface area contributed by atoms with Gasteiger partial charge in [-0.25, -0.2) is 0 Å². The van der Waals surface area contributed by atoms with Crippen molar-refractivity contribution in [1.29, 1.82) is 0 Å². The van der Waals surface area contributed by atoms with E-state index in [0.717, 1.165) is 11.3 Å². The predicted octanol–water partition coefficient (Wildman–Crippen LogP) is 1.71. The number of nitrogens with zero attached hydrogens (tertiary/aromatic N) is 2. The molecule has 0 saturated carbocycles. The number of hydrogen-bond acceptors (Lipinski definition) is 3. The minimum absolute atomic E-state index is 0.00734. The molecular weight excluding hydrogens is 280 g/mol. The Hall–Kier alpha value is -2.04. The number of methoxy groups -OCH3 is 1. The lowest BCUT2D eigenvalue weighted by molar-refractivity contribution is -0.148. The fourth-order valence-electron chi connectivity index (χ4n) is 2.63. The Morgan fingerprint density at radius 2 is 1.82 bits per heavy atom. The maximum Gasteiger partial charge on any atom is 0.242 e. The lowest BCUT2D eigenvalue weighted by Crippen LogP contribution is -2.58. The van der Waals surface area contributed by atoms with Crippen molar-refractivity contribution in [3.63, 3.8) is 0 Å². The molecule has 1 fully saturated rings. The third kappa shape index (κ3) is 3.78. The monoisotopic (exact) mass is 304 g/mol. The van der Waals surface area contributed by atoms with Gasteiger partial charge in [-0.1, -0.05) is 12.1 Å². The molecule has 22 heavy (non-hydrogen) atoms. The van der Waals surface area contributed by atoms with E-state index in [-0.39, 0.29) is 23.9 Å². The Morgan fingerprint density at radius 1 is 1.18 bits per heavy atom. The second kappa shape index (κ2) is 6.38. The number of carbonyl (C=O) groups excluding carboxylic acids is 2. The van der Waals surface area contributed by atoms with Crippen LogP contribution in [0.3, 0.4) is 0 Å². The van der Waals surface area contributed by atoms with Gasteiger partial charge in [-0.3, -0.25) is 9.59 Å². The number of piperazine rings is 1. The summed E-state index contributed by atoms with van der Waals surface area (Å²) in [6.45, 7) is 7.40. The van der Waals surface area contributed by atoms with Crippen molar-refractivity contribution in [2.75, 3.05) is 26.7 Å². The summed E-state index contributed by atoms with van der Waals surface area (Å²) >= 11 is 0. The fourth-order valence-corrected chi connectivity index (χ4v) is 2.63. The number of ether oxygens (including phenoxy) is 1. The fraction of sp³-hybridized carbons (Fsp3) is 0.529. The van der Waals surface area contributed by atoms with Crippen LogP contribution in [0.25, 0.3) is 0 Å². The van der Waals surface area contributed by atoms with E-state index < -0.39 is 0 Å². The Kier molecular flexibility index (Phi) is 4.74. The van der Waals surface area contributed by atoms with Gasteiger partial charge in [-0.05, 0) is 38.5 Å². The highest BCUT2D eigenvalue weighted by Gasteiger charge is 2.33. The summed E-state index contributed by atoms with van der Waals surface area (Å²) in [5.74, 6) is 0.777. The molecule has 1 aliphatic heterocycles. The molecule has 0 radical (unpaired) electrons. The molecule has 5 heteroatoms. The number of carbonyl (C=O) groups is 2. The van der Waals surface area contributed by atoms with E-state index in [2.05, 4.69) is 0 Å². The van der Waals surface area contributed by atoms with E-state index >= 15 is 0 Å². The molecule has 0 bridgehead atoms. The van der Waals surface area contributed by atoms with Gasteiger partial charge >= 0.3 is 0 Å². The van der Waals surface area contributed by atoms with Crippen molar-refractivity contribution >= 4 is 11.8 Å². The van der Waals surface area contributed by atoms with Crippen LogP contribution in [0.15, 0.2) is 24.3 Å². The molecule has 0 unspecified atom stereocenters. The molecule has 0 atom stereocenters. The first kappa shape index (κ1) is 16.3. The van der Waals surface area contributed by atoms with Crippen molar-refractivity contribution in [3.8, 4) is 5.75 Å². The second-order valence-electron chi connectivity index (χ2n) is 6.56. The highest BCUT2D eigenvalue weighted by molar-refractivity contribution is 5.87. The molecule has 120 valence electrons.